The molecule has 0 aliphatic carbocycles. The first-order valence-corrected chi connectivity index (χ1v) is 5.96. The van der Waals surface area contributed by atoms with Crippen LogP contribution in [-0.4, -0.2) is 11.6 Å². The third-order valence-electron chi connectivity index (χ3n) is 2.74. The summed E-state index contributed by atoms with van der Waals surface area (Å²) >= 11 is 0. The first-order chi connectivity index (χ1) is 9.47. The fraction of sp³-hybridized carbons (Fsp3) is 0.214. The van der Waals surface area contributed by atoms with Crippen LogP contribution in [0, 0.1) is 0 Å². The van der Waals surface area contributed by atoms with Crippen molar-refractivity contribution in [3.8, 4) is 5.88 Å². The van der Waals surface area contributed by atoms with E-state index in [-0.39, 0.29) is 12.5 Å². The third-order valence-corrected chi connectivity index (χ3v) is 2.74. The number of para-hydroxylation sites is 1. The van der Waals surface area contributed by atoms with Crippen molar-refractivity contribution in [1.82, 2.24) is 4.98 Å². The first kappa shape index (κ1) is 14.2. The molecule has 2 aromatic rings. The topological polar surface area (TPSA) is 48.1 Å². The fourth-order valence-corrected chi connectivity index (χ4v) is 1.69. The normalized spacial score (nSPS) is 11.3. The number of pyridine rings is 1. The Morgan fingerprint density at radius 3 is 2.60 bits per heavy atom. The average Bonchev–Trinajstić information content (AvgIpc) is 2.40. The predicted molar refractivity (Wildman–Crippen MR) is 69.3 cm³/mol. The highest BCUT2D eigenvalue weighted by molar-refractivity contribution is 5.46. The number of ether oxygens (including phenoxy) is 1. The van der Waals surface area contributed by atoms with Crippen LogP contribution in [0.3, 0.4) is 0 Å². The summed E-state index contributed by atoms with van der Waals surface area (Å²) in [5, 5.41) is 0. The van der Waals surface area contributed by atoms with Crippen molar-refractivity contribution < 1.29 is 17.9 Å². The number of hydrogen-bond donors (Lipinski definition) is 1. The molecule has 0 saturated carbocycles. The van der Waals surface area contributed by atoms with Crippen LogP contribution in [0.25, 0.3) is 0 Å². The van der Waals surface area contributed by atoms with Gasteiger partial charge < -0.3 is 10.5 Å². The number of hydrogen-bond acceptors (Lipinski definition) is 3. The molecule has 1 heterocycles. The summed E-state index contributed by atoms with van der Waals surface area (Å²) in [6.07, 6.45) is -2.81. The number of benzene rings is 1. The van der Waals surface area contributed by atoms with Crippen LogP contribution in [0.15, 0.2) is 42.6 Å². The minimum absolute atomic E-state index is 0.0469. The second-order valence-electron chi connectivity index (χ2n) is 4.18. The molecule has 0 saturated heterocycles. The van der Waals surface area contributed by atoms with Crippen molar-refractivity contribution in [2.45, 2.75) is 12.6 Å². The highest BCUT2D eigenvalue weighted by Gasteiger charge is 2.30. The summed E-state index contributed by atoms with van der Waals surface area (Å²) in [4.78, 5) is 3.75. The number of alkyl halides is 3. The number of nitrogens with two attached hydrogens (primary N) is 1. The second-order valence-corrected chi connectivity index (χ2v) is 4.18. The quantitative estimate of drug-likeness (QED) is 0.875. The number of halogens is 3. The lowest BCUT2D eigenvalue weighted by molar-refractivity contribution is -0.137. The number of aromatic nitrogens is 1. The zero-order valence-electron chi connectivity index (χ0n) is 10.5. The maximum absolute atomic E-state index is 12.5. The summed E-state index contributed by atoms with van der Waals surface area (Å²) in [5.74, 6) is -0.0469. The van der Waals surface area contributed by atoms with Crippen molar-refractivity contribution in [2.24, 2.45) is 0 Å². The molecule has 0 fully saturated rings. The Labute approximate surface area is 114 Å². The van der Waals surface area contributed by atoms with Crippen LogP contribution < -0.4 is 10.5 Å². The zero-order valence-corrected chi connectivity index (χ0v) is 10.5. The van der Waals surface area contributed by atoms with Gasteiger partial charge in [0.05, 0.1) is 12.2 Å². The van der Waals surface area contributed by atoms with Crippen LogP contribution >= 0.6 is 0 Å². The van der Waals surface area contributed by atoms with Gasteiger partial charge >= 0.3 is 6.18 Å². The van der Waals surface area contributed by atoms with Gasteiger partial charge in [-0.3, -0.25) is 0 Å². The van der Waals surface area contributed by atoms with Gasteiger partial charge in [-0.25, -0.2) is 4.98 Å². The zero-order chi connectivity index (χ0) is 14.6. The third kappa shape index (κ3) is 3.63. The molecule has 0 amide bonds. The summed E-state index contributed by atoms with van der Waals surface area (Å²) in [5.41, 5.74) is 6.51. The number of nitrogens with zero attached hydrogens (tertiary/aromatic N) is 1. The van der Waals surface area contributed by atoms with E-state index >= 15 is 0 Å². The van der Waals surface area contributed by atoms with E-state index < -0.39 is 11.7 Å². The van der Waals surface area contributed by atoms with Crippen molar-refractivity contribution in [2.75, 3.05) is 12.3 Å². The molecule has 1 aromatic heterocycles. The predicted octanol–water partition coefficient (Wildman–Crippen LogP) is 3.30. The SMILES string of the molecule is Nc1ccccc1CCOc1cc(C(F)(F)F)ccn1. The van der Waals surface area contributed by atoms with Crippen LogP contribution in [0.4, 0.5) is 18.9 Å². The van der Waals surface area contributed by atoms with E-state index in [1.165, 1.54) is 0 Å². The smallest absolute Gasteiger partial charge is 0.416 e. The van der Waals surface area contributed by atoms with E-state index in [1.807, 2.05) is 18.2 Å². The summed E-state index contributed by atoms with van der Waals surface area (Å²) in [7, 11) is 0. The van der Waals surface area contributed by atoms with E-state index in [1.54, 1.807) is 6.07 Å². The molecule has 0 spiro atoms. The molecule has 1 aromatic carbocycles. The molecule has 0 aliphatic heterocycles. The van der Waals surface area contributed by atoms with E-state index in [9.17, 15) is 13.2 Å². The van der Waals surface area contributed by atoms with Gasteiger partial charge in [0, 0.05) is 24.4 Å². The summed E-state index contributed by atoms with van der Waals surface area (Å²) in [6.45, 7) is 0.211. The van der Waals surface area contributed by atoms with Crippen LogP contribution in [0.1, 0.15) is 11.1 Å². The Morgan fingerprint density at radius 2 is 1.90 bits per heavy atom. The Bertz CT molecular complexity index is 585. The van der Waals surface area contributed by atoms with Crippen LogP contribution in [0.2, 0.25) is 0 Å². The van der Waals surface area contributed by atoms with Crippen molar-refractivity contribution in [1.29, 1.82) is 0 Å². The van der Waals surface area contributed by atoms with E-state index in [0.29, 0.717) is 12.1 Å². The van der Waals surface area contributed by atoms with Crippen LogP contribution in [0.5, 0.6) is 5.88 Å². The molecular weight excluding hydrogens is 269 g/mol. The molecular formula is C14H13F3N2O. The minimum Gasteiger partial charge on any atom is -0.477 e. The number of nitrogen functional groups attached to an aromatic ring is 1. The fourth-order valence-electron chi connectivity index (χ4n) is 1.69. The molecule has 0 atom stereocenters. The molecule has 0 unspecified atom stereocenters. The van der Waals surface area contributed by atoms with Gasteiger partial charge in [0.25, 0.3) is 0 Å². The van der Waals surface area contributed by atoms with Gasteiger partial charge in [0.15, 0.2) is 0 Å². The Hall–Kier alpha value is -2.24. The molecule has 20 heavy (non-hydrogen) atoms. The summed E-state index contributed by atoms with van der Waals surface area (Å²) < 4.78 is 42.8. The largest absolute Gasteiger partial charge is 0.477 e. The molecule has 0 radical (unpaired) electrons. The van der Waals surface area contributed by atoms with Gasteiger partial charge in [-0.2, -0.15) is 13.2 Å². The van der Waals surface area contributed by atoms with Gasteiger partial charge in [0.1, 0.15) is 0 Å². The standard InChI is InChI=1S/C14H13F3N2O/c15-14(16,17)11-5-7-19-13(9-11)20-8-6-10-3-1-2-4-12(10)18/h1-5,7,9H,6,8,18H2. The average molecular weight is 282 g/mol. The highest BCUT2D eigenvalue weighted by Crippen LogP contribution is 2.30. The summed E-state index contributed by atoms with van der Waals surface area (Å²) in [6, 6.07) is 9.05. The number of anilines is 1. The van der Waals surface area contributed by atoms with Crippen LogP contribution in [-0.2, 0) is 12.6 Å². The number of rotatable bonds is 4. The Balaban J connectivity index is 1.97. The molecule has 106 valence electrons. The lowest BCUT2D eigenvalue weighted by Gasteiger charge is -2.10. The monoisotopic (exact) mass is 282 g/mol. The van der Waals surface area contributed by atoms with Gasteiger partial charge in [0.2, 0.25) is 5.88 Å². The van der Waals surface area contributed by atoms with E-state index in [2.05, 4.69) is 4.98 Å². The molecule has 0 bridgehead atoms. The van der Waals surface area contributed by atoms with Gasteiger partial charge in [-0.15, -0.1) is 0 Å². The maximum atomic E-state index is 12.5. The lowest BCUT2D eigenvalue weighted by atomic mass is 10.1. The lowest BCUT2D eigenvalue weighted by Crippen LogP contribution is -2.08. The Morgan fingerprint density at radius 1 is 1.15 bits per heavy atom. The molecule has 6 heteroatoms. The van der Waals surface area contributed by atoms with Gasteiger partial charge in [-0.05, 0) is 17.7 Å². The molecule has 3 nitrogen and oxygen atoms in total. The molecule has 2 N–H and O–H groups in total. The van der Waals surface area contributed by atoms with Crippen molar-refractivity contribution in [3.63, 3.8) is 0 Å². The Kier molecular flexibility index (Phi) is 4.12. The van der Waals surface area contributed by atoms with Crippen molar-refractivity contribution in [3.05, 3.63) is 53.7 Å². The van der Waals surface area contributed by atoms with Crippen molar-refractivity contribution >= 4 is 5.69 Å². The maximum Gasteiger partial charge on any atom is 0.416 e. The van der Waals surface area contributed by atoms with Gasteiger partial charge in [-0.1, -0.05) is 18.2 Å². The second kappa shape index (κ2) is 5.81. The van der Waals surface area contributed by atoms with E-state index in [0.717, 1.165) is 23.9 Å². The molecule has 0 aliphatic rings. The highest BCUT2D eigenvalue weighted by atomic mass is 19.4. The van der Waals surface area contributed by atoms with E-state index in [4.69, 9.17) is 10.5 Å². The minimum atomic E-state index is -4.40. The first-order valence-electron chi connectivity index (χ1n) is 5.96. The molecule has 2 rings (SSSR count).